The molecule has 0 N–H and O–H groups in total. The maximum absolute atomic E-state index is 13.2. The average Bonchev–Trinajstić information content (AvgIpc) is 2.10. The molecule has 0 aromatic heterocycles. The van der Waals surface area contributed by atoms with Gasteiger partial charge in [0.2, 0.25) is 0 Å². The fourth-order valence-corrected chi connectivity index (χ4v) is 1.67. The molecule has 0 radical (unpaired) electrons. The predicted molar refractivity (Wildman–Crippen MR) is 57.7 cm³/mol. The van der Waals surface area contributed by atoms with Crippen LogP contribution in [0.1, 0.15) is 25.3 Å². The maximum Gasteiger partial charge on any atom is 0.129 e. The highest BCUT2D eigenvalue weighted by Crippen LogP contribution is 2.17. The lowest BCUT2D eigenvalue weighted by atomic mass is 10.1. The molecule has 1 aromatic rings. The average molecular weight is 259 g/mol. The zero-order valence-corrected chi connectivity index (χ0v) is 9.60. The first-order valence-electron chi connectivity index (χ1n) is 4.53. The zero-order chi connectivity index (χ0) is 10.6. The number of hydrogen-bond acceptors (Lipinski definition) is 1. The normalized spacial score (nSPS) is 10.2. The minimum atomic E-state index is -0.197. The van der Waals surface area contributed by atoms with Crippen LogP contribution < -0.4 is 0 Å². The number of halogens is 2. The molecule has 0 unspecified atom stereocenters. The zero-order valence-electron chi connectivity index (χ0n) is 8.02. The lowest BCUT2D eigenvalue weighted by Crippen LogP contribution is -1.95. The van der Waals surface area contributed by atoms with Crippen LogP contribution >= 0.6 is 15.9 Å². The van der Waals surface area contributed by atoms with Crippen molar-refractivity contribution in [2.45, 2.75) is 26.2 Å². The second-order valence-corrected chi connectivity index (χ2v) is 4.21. The van der Waals surface area contributed by atoms with Gasteiger partial charge in [-0.2, -0.15) is 0 Å². The molecule has 3 heteroatoms. The van der Waals surface area contributed by atoms with Crippen molar-refractivity contribution in [2.24, 2.45) is 0 Å². The lowest BCUT2D eigenvalue weighted by molar-refractivity contribution is -0.117. The van der Waals surface area contributed by atoms with Gasteiger partial charge in [-0.3, -0.25) is 0 Å². The van der Waals surface area contributed by atoms with Gasteiger partial charge in [0.15, 0.2) is 0 Å². The number of aryl methyl sites for hydroxylation is 1. The van der Waals surface area contributed by atoms with Gasteiger partial charge in [0.05, 0.1) is 0 Å². The van der Waals surface area contributed by atoms with Crippen molar-refractivity contribution in [2.75, 3.05) is 0 Å². The van der Waals surface area contributed by atoms with Crippen LogP contribution in [0.2, 0.25) is 0 Å². The third-order valence-electron chi connectivity index (χ3n) is 1.98. The highest BCUT2D eigenvalue weighted by molar-refractivity contribution is 9.10. The molecule has 14 heavy (non-hydrogen) atoms. The monoisotopic (exact) mass is 258 g/mol. The molecule has 0 atom stereocenters. The summed E-state index contributed by atoms with van der Waals surface area (Å²) in [4.78, 5) is 10.7. The summed E-state index contributed by atoms with van der Waals surface area (Å²) in [6.45, 7) is 1.55. The molecular formula is C11H12BrFO. The summed E-state index contributed by atoms with van der Waals surface area (Å²) in [6.07, 6.45) is 1.85. The Balaban J connectivity index is 2.57. The van der Waals surface area contributed by atoms with E-state index in [1.54, 1.807) is 19.1 Å². The number of hydrogen-bond donors (Lipinski definition) is 0. The highest BCUT2D eigenvalue weighted by atomic mass is 79.9. The third kappa shape index (κ3) is 3.58. The summed E-state index contributed by atoms with van der Waals surface area (Å²) >= 11 is 3.28. The van der Waals surface area contributed by atoms with Crippen LogP contribution in [0.15, 0.2) is 22.7 Å². The van der Waals surface area contributed by atoms with Gasteiger partial charge in [-0.1, -0.05) is 15.9 Å². The first-order chi connectivity index (χ1) is 6.59. The predicted octanol–water partition coefficient (Wildman–Crippen LogP) is 3.50. The number of ketones is 1. The highest BCUT2D eigenvalue weighted by Gasteiger charge is 2.03. The van der Waals surface area contributed by atoms with Crippen molar-refractivity contribution in [3.8, 4) is 0 Å². The van der Waals surface area contributed by atoms with E-state index < -0.39 is 0 Å². The minimum Gasteiger partial charge on any atom is -0.300 e. The molecule has 1 rings (SSSR count). The summed E-state index contributed by atoms with van der Waals surface area (Å²) in [5.41, 5.74) is 0.667. The summed E-state index contributed by atoms with van der Waals surface area (Å²) in [7, 11) is 0. The molecule has 0 amide bonds. The Morgan fingerprint density at radius 1 is 1.50 bits per heavy atom. The second kappa shape index (κ2) is 5.25. The second-order valence-electron chi connectivity index (χ2n) is 3.29. The summed E-state index contributed by atoms with van der Waals surface area (Å²) in [6, 6.07) is 4.87. The molecule has 1 aromatic carbocycles. The van der Waals surface area contributed by atoms with Gasteiger partial charge in [0.1, 0.15) is 11.6 Å². The van der Waals surface area contributed by atoms with Gasteiger partial charge in [-0.15, -0.1) is 0 Å². The quantitative estimate of drug-likeness (QED) is 0.808. The van der Waals surface area contributed by atoms with E-state index in [1.165, 1.54) is 6.07 Å². The van der Waals surface area contributed by atoms with Crippen LogP contribution in [-0.4, -0.2) is 5.78 Å². The Bertz CT molecular complexity index is 336. The van der Waals surface area contributed by atoms with Gasteiger partial charge in [-0.05, 0) is 43.5 Å². The van der Waals surface area contributed by atoms with E-state index in [1.807, 2.05) is 0 Å². The molecule has 0 saturated heterocycles. The van der Waals surface area contributed by atoms with Gasteiger partial charge in [0.25, 0.3) is 0 Å². The summed E-state index contributed by atoms with van der Waals surface area (Å²) in [5, 5.41) is 0. The Hall–Kier alpha value is -0.700. The molecule has 76 valence electrons. The molecule has 0 saturated carbocycles. The molecule has 0 aliphatic rings. The van der Waals surface area contributed by atoms with Crippen molar-refractivity contribution >= 4 is 21.7 Å². The standard InChI is InChI=1S/C11H12BrFO/c1-8(14)3-2-4-9-7-10(12)5-6-11(9)13/h5-7H,2-4H2,1H3. The molecule has 0 bridgehead atoms. The smallest absolute Gasteiger partial charge is 0.129 e. The molecule has 0 aliphatic carbocycles. The molecule has 0 heterocycles. The number of carbonyl (C=O) groups excluding carboxylic acids is 1. The number of rotatable bonds is 4. The molecule has 0 fully saturated rings. The van der Waals surface area contributed by atoms with Gasteiger partial charge in [0, 0.05) is 10.9 Å². The van der Waals surface area contributed by atoms with E-state index in [2.05, 4.69) is 15.9 Å². The topological polar surface area (TPSA) is 17.1 Å². The van der Waals surface area contributed by atoms with Crippen molar-refractivity contribution in [1.29, 1.82) is 0 Å². The van der Waals surface area contributed by atoms with Crippen molar-refractivity contribution in [3.05, 3.63) is 34.1 Å². The Morgan fingerprint density at radius 3 is 2.86 bits per heavy atom. The van der Waals surface area contributed by atoms with Crippen molar-refractivity contribution < 1.29 is 9.18 Å². The third-order valence-corrected chi connectivity index (χ3v) is 2.48. The largest absolute Gasteiger partial charge is 0.300 e. The van der Waals surface area contributed by atoms with Crippen LogP contribution in [0.25, 0.3) is 0 Å². The van der Waals surface area contributed by atoms with Crippen LogP contribution in [0.3, 0.4) is 0 Å². The first-order valence-corrected chi connectivity index (χ1v) is 5.32. The number of Topliss-reactive ketones (excluding diaryl/α,β-unsaturated/α-hetero) is 1. The molecule has 1 nitrogen and oxygen atoms in total. The van der Waals surface area contributed by atoms with Gasteiger partial charge in [-0.25, -0.2) is 4.39 Å². The molecule has 0 aliphatic heterocycles. The molecular weight excluding hydrogens is 247 g/mol. The van der Waals surface area contributed by atoms with E-state index in [0.717, 1.165) is 4.47 Å². The van der Waals surface area contributed by atoms with Crippen LogP contribution in [0.4, 0.5) is 4.39 Å². The van der Waals surface area contributed by atoms with E-state index in [-0.39, 0.29) is 11.6 Å². The van der Waals surface area contributed by atoms with Gasteiger partial charge >= 0.3 is 0 Å². The lowest BCUT2D eigenvalue weighted by Gasteiger charge is -2.02. The van der Waals surface area contributed by atoms with E-state index >= 15 is 0 Å². The summed E-state index contributed by atoms with van der Waals surface area (Å²) < 4.78 is 14.1. The van der Waals surface area contributed by atoms with E-state index in [9.17, 15) is 9.18 Å². The minimum absolute atomic E-state index is 0.153. The fourth-order valence-electron chi connectivity index (χ4n) is 1.26. The fraction of sp³-hybridized carbons (Fsp3) is 0.364. The maximum atomic E-state index is 13.2. The van der Waals surface area contributed by atoms with Crippen molar-refractivity contribution in [3.63, 3.8) is 0 Å². The Morgan fingerprint density at radius 2 is 2.21 bits per heavy atom. The molecule has 0 spiro atoms. The number of carbonyl (C=O) groups is 1. The van der Waals surface area contributed by atoms with Crippen LogP contribution in [0, 0.1) is 5.82 Å². The first kappa shape index (κ1) is 11.4. The Labute approximate surface area is 91.5 Å². The van der Waals surface area contributed by atoms with Crippen molar-refractivity contribution in [1.82, 2.24) is 0 Å². The SMILES string of the molecule is CC(=O)CCCc1cc(Br)ccc1F. The van der Waals surface area contributed by atoms with Crippen LogP contribution in [0.5, 0.6) is 0 Å². The Kier molecular flexibility index (Phi) is 4.26. The number of benzene rings is 1. The van der Waals surface area contributed by atoms with E-state index in [0.29, 0.717) is 24.8 Å². The van der Waals surface area contributed by atoms with Gasteiger partial charge < -0.3 is 4.79 Å². The van der Waals surface area contributed by atoms with Crippen LogP contribution in [-0.2, 0) is 11.2 Å². The summed E-state index contributed by atoms with van der Waals surface area (Å²) in [5.74, 6) is -0.0443. The van der Waals surface area contributed by atoms with E-state index in [4.69, 9.17) is 0 Å².